The highest BCUT2D eigenvalue weighted by atomic mass is 16.6. The summed E-state index contributed by atoms with van der Waals surface area (Å²) in [5.41, 5.74) is 1.15. The fraction of sp³-hybridized carbons (Fsp3) is 0.500. The molecule has 2 aliphatic heterocycles. The second kappa shape index (κ2) is 8.20. The molecular formula is C20H25N5O4. The Kier molecular flexibility index (Phi) is 5.48. The van der Waals surface area contributed by atoms with E-state index in [2.05, 4.69) is 10.4 Å². The zero-order valence-corrected chi connectivity index (χ0v) is 16.4. The van der Waals surface area contributed by atoms with Gasteiger partial charge in [-0.1, -0.05) is 0 Å². The van der Waals surface area contributed by atoms with Crippen LogP contribution in [0.4, 0.5) is 5.69 Å². The normalized spacial score (nSPS) is 22.6. The molecule has 3 heterocycles. The molecular weight excluding hydrogens is 374 g/mol. The summed E-state index contributed by atoms with van der Waals surface area (Å²) < 4.78 is 7.73. The van der Waals surface area contributed by atoms with Crippen molar-refractivity contribution in [3.05, 3.63) is 52.3 Å². The summed E-state index contributed by atoms with van der Waals surface area (Å²) in [7, 11) is 1.89. The topological polar surface area (TPSA) is 103 Å². The molecule has 2 aromatic rings. The molecule has 2 fully saturated rings. The lowest BCUT2D eigenvalue weighted by atomic mass is 9.89. The van der Waals surface area contributed by atoms with Crippen molar-refractivity contribution in [1.82, 2.24) is 20.0 Å². The number of nitro benzene ring substituents is 1. The Morgan fingerprint density at radius 3 is 2.59 bits per heavy atom. The fourth-order valence-electron chi connectivity index (χ4n) is 4.19. The molecule has 2 saturated heterocycles. The number of nitro groups is 1. The zero-order valence-electron chi connectivity index (χ0n) is 16.4. The van der Waals surface area contributed by atoms with E-state index in [0.717, 1.165) is 24.9 Å². The molecule has 4 rings (SSSR count). The van der Waals surface area contributed by atoms with Gasteiger partial charge >= 0.3 is 0 Å². The van der Waals surface area contributed by atoms with Crippen LogP contribution in [0, 0.1) is 16.0 Å². The highest BCUT2D eigenvalue weighted by molar-refractivity contribution is 5.80. The monoisotopic (exact) mass is 399 g/mol. The maximum Gasteiger partial charge on any atom is 0.269 e. The van der Waals surface area contributed by atoms with Gasteiger partial charge in [0.05, 0.1) is 17.0 Å². The Morgan fingerprint density at radius 2 is 1.97 bits per heavy atom. The smallest absolute Gasteiger partial charge is 0.269 e. The van der Waals surface area contributed by atoms with Gasteiger partial charge in [-0.3, -0.25) is 19.6 Å². The number of hydrogen-bond acceptors (Lipinski definition) is 6. The quantitative estimate of drug-likeness (QED) is 0.606. The predicted molar refractivity (Wildman–Crippen MR) is 106 cm³/mol. The largest absolute Gasteiger partial charge is 0.490 e. The number of piperidine rings is 1. The number of rotatable bonds is 5. The third-order valence-electron chi connectivity index (χ3n) is 5.79. The van der Waals surface area contributed by atoms with Gasteiger partial charge < -0.3 is 15.0 Å². The summed E-state index contributed by atoms with van der Waals surface area (Å²) in [6, 6.07) is 6.13. The van der Waals surface area contributed by atoms with Crippen molar-refractivity contribution >= 4 is 11.6 Å². The number of aromatic nitrogens is 2. The molecule has 0 radical (unpaired) electrons. The van der Waals surface area contributed by atoms with Gasteiger partial charge in [0, 0.05) is 70.3 Å². The fourth-order valence-corrected chi connectivity index (χ4v) is 4.19. The lowest BCUT2D eigenvalue weighted by Crippen LogP contribution is -2.45. The van der Waals surface area contributed by atoms with Crippen molar-refractivity contribution in [2.75, 3.05) is 26.2 Å². The van der Waals surface area contributed by atoms with Gasteiger partial charge in [0.2, 0.25) is 5.91 Å². The first-order chi connectivity index (χ1) is 14.0. The van der Waals surface area contributed by atoms with Crippen LogP contribution in [0.2, 0.25) is 0 Å². The molecule has 0 bridgehead atoms. The van der Waals surface area contributed by atoms with Crippen molar-refractivity contribution in [3.63, 3.8) is 0 Å². The van der Waals surface area contributed by atoms with E-state index >= 15 is 0 Å². The number of carbonyl (C=O) groups is 1. The molecule has 154 valence electrons. The van der Waals surface area contributed by atoms with E-state index < -0.39 is 4.92 Å². The van der Waals surface area contributed by atoms with Crippen molar-refractivity contribution < 1.29 is 14.5 Å². The van der Waals surface area contributed by atoms with Gasteiger partial charge in [0.15, 0.2) is 0 Å². The summed E-state index contributed by atoms with van der Waals surface area (Å²) in [6.07, 6.45) is 5.35. The van der Waals surface area contributed by atoms with Gasteiger partial charge in [-0.2, -0.15) is 5.10 Å². The van der Waals surface area contributed by atoms with Gasteiger partial charge in [0.1, 0.15) is 11.9 Å². The first-order valence-electron chi connectivity index (χ1n) is 9.90. The summed E-state index contributed by atoms with van der Waals surface area (Å²) in [6.45, 7) is 2.80. The van der Waals surface area contributed by atoms with Gasteiger partial charge in [-0.25, -0.2) is 0 Å². The van der Waals surface area contributed by atoms with Crippen LogP contribution in [-0.2, 0) is 11.8 Å². The molecule has 0 unspecified atom stereocenters. The average Bonchev–Trinajstić information content (AvgIpc) is 3.37. The second-order valence-corrected chi connectivity index (χ2v) is 7.71. The second-order valence-electron chi connectivity index (χ2n) is 7.71. The van der Waals surface area contributed by atoms with E-state index in [1.807, 2.05) is 24.3 Å². The maximum atomic E-state index is 13.1. The van der Waals surface area contributed by atoms with Crippen LogP contribution < -0.4 is 10.1 Å². The number of likely N-dealkylation sites (tertiary alicyclic amines) is 1. The van der Waals surface area contributed by atoms with Crippen molar-refractivity contribution in [2.45, 2.75) is 24.9 Å². The number of non-ortho nitro benzene ring substituents is 1. The molecule has 0 saturated carbocycles. The minimum Gasteiger partial charge on any atom is -0.490 e. The van der Waals surface area contributed by atoms with E-state index in [9.17, 15) is 14.9 Å². The van der Waals surface area contributed by atoms with Crippen LogP contribution in [0.25, 0.3) is 0 Å². The highest BCUT2D eigenvalue weighted by Crippen LogP contribution is 2.30. The number of benzene rings is 1. The molecule has 9 heteroatoms. The summed E-state index contributed by atoms with van der Waals surface area (Å²) in [4.78, 5) is 25.4. The van der Waals surface area contributed by atoms with Gasteiger partial charge in [-0.05, 0) is 17.7 Å². The number of amides is 1. The van der Waals surface area contributed by atoms with Crippen LogP contribution in [0.5, 0.6) is 5.75 Å². The summed E-state index contributed by atoms with van der Waals surface area (Å²) in [5.74, 6) is 0.909. The van der Waals surface area contributed by atoms with E-state index in [1.54, 1.807) is 16.8 Å². The first kappa shape index (κ1) is 19.4. The van der Waals surface area contributed by atoms with Crippen LogP contribution in [-0.4, -0.2) is 57.8 Å². The molecule has 0 spiro atoms. The molecule has 1 amide bonds. The Hall–Kier alpha value is -2.94. The zero-order chi connectivity index (χ0) is 20.4. The standard InChI is InChI=1S/C20H25N5O4/c1-23-13-14(10-22-23)18-11-21-12-19(18)20(26)24-8-6-17(7-9-24)29-16-4-2-15(3-5-16)25(27)28/h2-5,10,13,17-19,21H,6-9,11-12H2,1H3/t18-,19+/m1/s1. The van der Waals surface area contributed by atoms with Crippen LogP contribution in [0.1, 0.15) is 24.3 Å². The molecule has 2 atom stereocenters. The van der Waals surface area contributed by atoms with E-state index in [-0.39, 0.29) is 29.5 Å². The Balaban J connectivity index is 1.32. The van der Waals surface area contributed by atoms with Crippen molar-refractivity contribution in [2.24, 2.45) is 13.0 Å². The highest BCUT2D eigenvalue weighted by Gasteiger charge is 2.38. The first-order valence-corrected chi connectivity index (χ1v) is 9.90. The van der Waals surface area contributed by atoms with E-state index in [1.165, 1.54) is 12.1 Å². The molecule has 9 nitrogen and oxygen atoms in total. The lowest BCUT2D eigenvalue weighted by molar-refractivity contribution is -0.384. The molecule has 0 aliphatic carbocycles. The van der Waals surface area contributed by atoms with Crippen molar-refractivity contribution in [1.29, 1.82) is 0 Å². The Morgan fingerprint density at radius 1 is 1.24 bits per heavy atom. The molecule has 29 heavy (non-hydrogen) atoms. The molecule has 1 aromatic heterocycles. The van der Waals surface area contributed by atoms with E-state index in [0.29, 0.717) is 25.4 Å². The van der Waals surface area contributed by atoms with Crippen LogP contribution in [0.3, 0.4) is 0 Å². The van der Waals surface area contributed by atoms with Crippen molar-refractivity contribution in [3.8, 4) is 5.75 Å². The lowest BCUT2D eigenvalue weighted by Gasteiger charge is -2.34. The maximum absolute atomic E-state index is 13.1. The van der Waals surface area contributed by atoms with Gasteiger partial charge in [0.25, 0.3) is 5.69 Å². The number of aryl methyl sites for hydroxylation is 1. The minimum atomic E-state index is -0.426. The third-order valence-corrected chi connectivity index (χ3v) is 5.79. The van der Waals surface area contributed by atoms with E-state index in [4.69, 9.17) is 4.74 Å². The predicted octanol–water partition coefficient (Wildman–Crippen LogP) is 1.70. The SMILES string of the molecule is Cn1cc([C@H]2CNC[C@@H]2C(=O)N2CCC(Oc3ccc([N+](=O)[O-])cc3)CC2)cn1. The average molecular weight is 399 g/mol. The summed E-state index contributed by atoms with van der Waals surface area (Å²) >= 11 is 0. The molecule has 1 aromatic carbocycles. The number of hydrogen-bond donors (Lipinski definition) is 1. The molecule has 1 N–H and O–H groups in total. The molecule has 2 aliphatic rings. The summed E-state index contributed by atoms with van der Waals surface area (Å²) in [5, 5.41) is 18.3. The number of carbonyl (C=O) groups excluding carboxylic acids is 1. The van der Waals surface area contributed by atoms with Crippen LogP contribution >= 0.6 is 0 Å². The minimum absolute atomic E-state index is 0.0105. The van der Waals surface area contributed by atoms with Gasteiger partial charge in [-0.15, -0.1) is 0 Å². The Bertz CT molecular complexity index is 873. The third kappa shape index (κ3) is 4.24. The van der Waals surface area contributed by atoms with Crippen LogP contribution in [0.15, 0.2) is 36.7 Å². The number of nitrogens with one attached hydrogen (secondary N) is 1. The number of nitrogens with zero attached hydrogens (tertiary/aromatic N) is 4. The Labute approximate surface area is 168 Å². The number of ether oxygens (including phenoxy) is 1.